The average molecular weight is 249 g/mol. The zero-order valence-corrected chi connectivity index (χ0v) is 10.9. The van der Waals surface area contributed by atoms with Gasteiger partial charge in [-0.1, -0.05) is 24.6 Å². The molecule has 0 bridgehead atoms. The van der Waals surface area contributed by atoms with Gasteiger partial charge in [0.05, 0.1) is 19.6 Å². The van der Waals surface area contributed by atoms with Gasteiger partial charge in [-0.25, -0.2) is 0 Å². The van der Waals surface area contributed by atoms with Crippen LogP contribution in [0, 0.1) is 12.8 Å². The topological polar surface area (TPSA) is 76.7 Å². The SMILES string of the molecule is COC(=O)C(C)CN=C(N)Nc1ccc(C)cc1. The summed E-state index contributed by atoms with van der Waals surface area (Å²) in [6, 6.07) is 7.79. The third-order valence-corrected chi connectivity index (χ3v) is 2.46. The van der Waals surface area contributed by atoms with E-state index in [4.69, 9.17) is 5.73 Å². The minimum atomic E-state index is -0.298. The molecule has 0 aromatic heterocycles. The number of anilines is 1. The lowest BCUT2D eigenvalue weighted by molar-refractivity contribution is -0.144. The average Bonchev–Trinajstić information content (AvgIpc) is 2.37. The van der Waals surface area contributed by atoms with Gasteiger partial charge in [-0.3, -0.25) is 9.79 Å². The molecule has 0 radical (unpaired) electrons. The molecule has 1 aromatic rings. The minimum Gasteiger partial charge on any atom is -0.469 e. The van der Waals surface area contributed by atoms with E-state index < -0.39 is 0 Å². The number of hydrogen-bond donors (Lipinski definition) is 2. The highest BCUT2D eigenvalue weighted by molar-refractivity contribution is 5.92. The van der Waals surface area contributed by atoms with Crippen molar-refractivity contribution in [3.05, 3.63) is 29.8 Å². The van der Waals surface area contributed by atoms with Crippen LogP contribution in [0.25, 0.3) is 0 Å². The highest BCUT2D eigenvalue weighted by Crippen LogP contribution is 2.08. The maximum Gasteiger partial charge on any atom is 0.310 e. The van der Waals surface area contributed by atoms with E-state index in [9.17, 15) is 4.79 Å². The number of nitrogens with two attached hydrogens (primary N) is 1. The molecule has 18 heavy (non-hydrogen) atoms. The van der Waals surface area contributed by atoms with Gasteiger partial charge < -0.3 is 15.8 Å². The van der Waals surface area contributed by atoms with Crippen molar-refractivity contribution in [3.8, 4) is 0 Å². The number of esters is 1. The van der Waals surface area contributed by atoms with Crippen molar-refractivity contribution < 1.29 is 9.53 Å². The van der Waals surface area contributed by atoms with E-state index in [1.165, 1.54) is 12.7 Å². The smallest absolute Gasteiger partial charge is 0.310 e. The van der Waals surface area contributed by atoms with Crippen molar-refractivity contribution in [2.75, 3.05) is 19.0 Å². The fraction of sp³-hybridized carbons (Fsp3) is 0.385. The largest absolute Gasteiger partial charge is 0.469 e. The number of ether oxygens (including phenoxy) is 1. The fourth-order valence-electron chi connectivity index (χ4n) is 1.34. The Morgan fingerprint density at radius 2 is 2.06 bits per heavy atom. The molecule has 0 aliphatic carbocycles. The molecule has 1 atom stereocenters. The molecule has 5 heteroatoms. The van der Waals surface area contributed by atoms with Crippen molar-refractivity contribution in [3.63, 3.8) is 0 Å². The van der Waals surface area contributed by atoms with Crippen LogP contribution in [0.5, 0.6) is 0 Å². The van der Waals surface area contributed by atoms with Crippen molar-refractivity contribution in [1.29, 1.82) is 0 Å². The first-order valence-corrected chi connectivity index (χ1v) is 5.74. The van der Waals surface area contributed by atoms with E-state index in [2.05, 4.69) is 15.0 Å². The van der Waals surface area contributed by atoms with E-state index in [0.717, 1.165) is 5.69 Å². The van der Waals surface area contributed by atoms with Crippen LogP contribution in [0.1, 0.15) is 12.5 Å². The van der Waals surface area contributed by atoms with Gasteiger partial charge in [-0.15, -0.1) is 0 Å². The Balaban J connectivity index is 2.52. The van der Waals surface area contributed by atoms with Gasteiger partial charge in [-0.05, 0) is 19.1 Å². The molecule has 1 unspecified atom stereocenters. The van der Waals surface area contributed by atoms with Crippen LogP contribution >= 0.6 is 0 Å². The van der Waals surface area contributed by atoms with Crippen LogP contribution < -0.4 is 11.1 Å². The number of guanidine groups is 1. The van der Waals surface area contributed by atoms with Gasteiger partial charge in [0.25, 0.3) is 0 Å². The van der Waals surface area contributed by atoms with E-state index in [1.54, 1.807) is 6.92 Å². The molecule has 3 N–H and O–H groups in total. The van der Waals surface area contributed by atoms with Crippen LogP contribution in [0.2, 0.25) is 0 Å². The zero-order chi connectivity index (χ0) is 13.5. The molecule has 98 valence electrons. The zero-order valence-electron chi connectivity index (χ0n) is 10.9. The summed E-state index contributed by atoms with van der Waals surface area (Å²) < 4.78 is 4.61. The minimum absolute atomic E-state index is 0.287. The summed E-state index contributed by atoms with van der Waals surface area (Å²) in [6.07, 6.45) is 0. The van der Waals surface area contributed by atoms with Crippen molar-refractivity contribution in [2.45, 2.75) is 13.8 Å². The standard InChI is InChI=1S/C13H19N3O2/c1-9-4-6-11(7-5-9)16-13(14)15-8-10(2)12(17)18-3/h4-7,10H,8H2,1-3H3,(H3,14,15,16). The number of benzene rings is 1. The fourth-order valence-corrected chi connectivity index (χ4v) is 1.34. The highest BCUT2D eigenvalue weighted by Gasteiger charge is 2.11. The Morgan fingerprint density at radius 1 is 1.44 bits per heavy atom. The number of nitrogens with zero attached hydrogens (tertiary/aromatic N) is 1. The molecule has 5 nitrogen and oxygen atoms in total. The number of rotatable bonds is 4. The summed E-state index contributed by atoms with van der Waals surface area (Å²) in [5.41, 5.74) is 7.76. The Bertz CT molecular complexity index is 426. The second-order valence-corrected chi connectivity index (χ2v) is 4.14. The summed E-state index contributed by atoms with van der Waals surface area (Å²) in [5, 5.41) is 2.96. The molecule has 0 amide bonds. The predicted octanol–water partition coefficient (Wildman–Crippen LogP) is 1.53. The van der Waals surface area contributed by atoms with Crippen molar-refractivity contribution >= 4 is 17.6 Å². The van der Waals surface area contributed by atoms with Crippen molar-refractivity contribution in [1.82, 2.24) is 0 Å². The third kappa shape index (κ3) is 4.45. The maximum atomic E-state index is 11.2. The Morgan fingerprint density at radius 3 is 2.61 bits per heavy atom. The molecule has 1 rings (SSSR count). The van der Waals surface area contributed by atoms with Gasteiger partial charge in [0.15, 0.2) is 5.96 Å². The number of carbonyl (C=O) groups excluding carboxylic acids is 1. The quantitative estimate of drug-likeness (QED) is 0.482. The van der Waals surface area contributed by atoms with Crippen LogP contribution in [-0.4, -0.2) is 25.6 Å². The summed E-state index contributed by atoms with van der Waals surface area (Å²) in [4.78, 5) is 15.3. The number of carbonyl (C=O) groups is 1. The molecule has 0 saturated heterocycles. The summed E-state index contributed by atoms with van der Waals surface area (Å²) >= 11 is 0. The molecule has 0 heterocycles. The molecule has 0 fully saturated rings. The van der Waals surface area contributed by atoms with Gasteiger partial charge in [-0.2, -0.15) is 0 Å². The number of nitrogens with one attached hydrogen (secondary N) is 1. The van der Waals surface area contributed by atoms with E-state index in [1.807, 2.05) is 31.2 Å². The van der Waals surface area contributed by atoms with Gasteiger partial charge in [0.1, 0.15) is 0 Å². The first-order chi connectivity index (χ1) is 8.52. The Hall–Kier alpha value is -2.04. The van der Waals surface area contributed by atoms with E-state index in [0.29, 0.717) is 6.54 Å². The maximum absolute atomic E-state index is 11.2. The summed E-state index contributed by atoms with van der Waals surface area (Å²) in [5.74, 6) is -0.301. The molecule has 1 aromatic carbocycles. The van der Waals surface area contributed by atoms with Gasteiger partial charge >= 0.3 is 5.97 Å². The van der Waals surface area contributed by atoms with E-state index in [-0.39, 0.29) is 17.8 Å². The second-order valence-electron chi connectivity index (χ2n) is 4.14. The normalized spacial score (nSPS) is 12.9. The molecule has 0 saturated carbocycles. The Labute approximate surface area is 107 Å². The lowest BCUT2D eigenvalue weighted by Gasteiger charge is -2.08. The van der Waals surface area contributed by atoms with Crippen LogP contribution in [0.3, 0.4) is 0 Å². The number of methoxy groups -OCH3 is 1. The number of hydrogen-bond acceptors (Lipinski definition) is 3. The van der Waals surface area contributed by atoms with Crippen LogP contribution in [0.15, 0.2) is 29.3 Å². The Kier molecular flexibility index (Phi) is 5.17. The molecule has 0 spiro atoms. The van der Waals surface area contributed by atoms with Crippen LogP contribution in [-0.2, 0) is 9.53 Å². The third-order valence-electron chi connectivity index (χ3n) is 2.46. The lowest BCUT2D eigenvalue weighted by Crippen LogP contribution is -2.25. The number of aliphatic imine (C=N–C) groups is 1. The highest BCUT2D eigenvalue weighted by atomic mass is 16.5. The monoisotopic (exact) mass is 249 g/mol. The number of aryl methyl sites for hydroxylation is 1. The first-order valence-electron chi connectivity index (χ1n) is 5.74. The first kappa shape index (κ1) is 14.0. The lowest BCUT2D eigenvalue weighted by atomic mass is 10.2. The molecule has 0 aliphatic heterocycles. The van der Waals surface area contributed by atoms with Crippen LogP contribution in [0.4, 0.5) is 5.69 Å². The summed E-state index contributed by atoms with van der Waals surface area (Å²) in [6.45, 7) is 4.06. The predicted molar refractivity (Wildman–Crippen MR) is 72.5 cm³/mol. The van der Waals surface area contributed by atoms with Crippen molar-refractivity contribution in [2.24, 2.45) is 16.6 Å². The van der Waals surface area contributed by atoms with Gasteiger partial charge in [0.2, 0.25) is 0 Å². The molecule has 0 aliphatic rings. The molecular formula is C13H19N3O2. The second kappa shape index (κ2) is 6.64. The van der Waals surface area contributed by atoms with Gasteiger partial charge in [0, 0.05) is 5.69 Å². The van der Waals surface area contributed by atoms with E-state index >= 15 is 0 Å². The molecular weight excluding hydrogens is 230 g/mol. The summed E-state index contributed by atoms with van der Waals surface area (Å²) in [7, 11) is 1.36.